The normalized spacial score (nSPS) is 14.9. The number of rotatable bonds is 5. The van der Waals surface area contributed by atoms with Gasteiger partial charge in [0, 0.05) is 26.0 Å². The van der Waals surface area contributed by atoms with Crippen LogP contribution >= 0.6 is 0 Å². The molecule has 0 atom stereocenters. The Hall–Kier alpha value is -3.10. The summed E-state index contributed by atoms with van der Waals surface area (Å²) >= 11 is 0. The van der Waals surface area contributed by atoms with Crippen LogP contribution < -0.4 is 5.43 Å². The zero-order valence-electron chi connectivity index (χ0n) is 12.5. The number of nitrogens with one attached hydrogen (secondary N) is 1. The van der Waals surface area contributed by atoms with E-state index in [9.17, 15) is 19.2 Å². The average Bonchev–Trinajstić information content (AvgIpc) is 2.84. The summed E-state index contributed by atoms with van der Waals surface area (Å²) in [6.07, 6.45) is 1.26. The third-order valence-corrected chi connectivity index (χ3v) is 3.03. The maximum atomic E-state index is 11.9. The van der Waals surface area contributed by atoms with Crippen molar-refractivity contribution in [2.24, 2.45) is 5.10 Å². The van der Waals surface area contributed by atoms with Crippen LogP contribution in [0.4, 0.5) is 5.82 Å². The molecule has 2 amide bonds. The molecular formula is C14H14N4O5. The summed E-state index contributed by atoms with van der Waals surface area (Å²) in [6.45, 7) is 2.93. The van der Waals surface area contributed by atoms with Gasteiger partial charge in [0.1, 0.15) is 11.5 Å². The molecular weight excluding hydrogens is 304 g/mol. The molecule has 1 fully saturated rings. The van der Waals surface area contributed by atoms with Crippen LogP contribution in [0.15, 0.2) is 23.4 Å². The van der Waals surface area contributed by atoms with E-state index < -0.39 is 17.8 Å². The Balaban J connectivity index is 2.00. The zero-order chi connectivity index (χ0) is 17.0. The Morgan fingerprint density at radius 1 is 1.22 bits per heavy atom. The van der Waals surface area contributed by atoms with Crippen LogP contribution in [0.2, 0.25) is 0 Å². The lowest BCUT2D eigenvalue weighted by Gasteiger charge is -2.12. The number of carbonyl (C=O) groups is 4. The summed E-state index contributed by atoms with van der Waals surface area (Å²) in [6, 6.07) is 2.84. The van der Waals surface area contributed by atoms with E-state index in [2.05, 4.69) is 15.5 Å². The first-order valence-electron chi connectivity index (χ1n) is 6.74. The molecule has 9 nitrogen and oxygen atoms in total. The van der Waals surface area contributed by atoms with Crippen LogP contribution in [0.25, 0.3) is 0 Å². The lowest BCUT2D eigenvalue weighted by molar-refractivity contribution is -0.172. The second-order valence-electron chi connectivity index (χ2n) is 4.76. The van der Waals surface area contributed by atoms with Crippen LogP contribution in [0, 0.1) is 0 Å². The third-order valence-electron chi connectivity index (χ3n) is 3.03. The number of imide groups is 1. The maximum absolute atomic E-state index is 11.9. The second kappa shape index (κ2) is 6.77. The Morgan fingerprint density at radius 2 is 1.87 bits per heavy atom. The van der Waals surface area contributed by atoms with Crippen molar-refractivity contribution in [2.75, 3.05) is 5.43 Å². The summed E-state index contributed by atoms with van der Waals surface area (Å²) in [5.74, 6) is -1.84. The molecule has 2 heterocycles. The van der Waals surface area contributed by atoms with E-state index in [0.717, 1.165) is 0 Å². The molecule has 1 saturated heterocycles. The lowest BCUT2D eigenvalue weighted by Crippen LogP contribution is -2.32. The molecule has 1 aromatic rings. The van der Waals surface area contributed by atoms with E-state index in [1.54, 1.807) is 6.92 Å². The highest BCUT2D eigenvalue weighted by atomic mass is 16.7. The van der Waals surface area contributed by atoms with Crippen LogP contribution in [0.1, 0.15) is 37.0 Å². The van der Waals surface area contributed by atoms with E-state index in [4.69, 9.17) is 4.84 Å². The highest BCUT2D eigenvalue weighted by Gasteiger charge is 2.33. The Bertz CT molecular complexity index is 680. The molecule has 23 heavy (non-hydrogen) atoms. The number of amides is 2. The van der Waals surface area contributed by atoms with Gasteiger partial charge in [-0.2, -0.15) is 5.10 Å². The molecule has 0 aliphatic carbocycles. The van der Waals surface area contributed by atoms with Crippen molar-refractivity contribution < 1.29 is 24.0 Å². The van der Waals surface area contributed by atoms with E-state index in [1.807, 2.05) is 0 Å². The minimum Gasteiger partial charge on any atom is -0.325 e. The van der Waals surface area contributed by atoms with Gasteiger partial charge in [0.15, 0.2) is 5.78 Å². The largest absolute Gasteiger partial charge is 0.365 e. The summed E-state index contributed by atoms with van der Waals surface area (Å²) < 4.78 is 0. The summed E-state index contributed by atoms with van der Waals surface area (Å²) in [5.41, 5.74) is 2.91. The molecule has 1 aromatic heterocycles. The van der Waals surface area contributed by atoms with Crippen LogP contribution in [-0.2, 0) is 19.2 Å². The fourth-order valence-corrected chi connectivity index (χ4v) is 1.59. The molecule has 2 rings (SSSR count). The standard InChI is InChI=1S/C14H14N4O5/c1-8(9(2)19)16-17-11-4-3-10(7-15-11)14(22)23-18-12(20)5-6-13(18)21/h3-4,7H,5-6H2,1-2H3,(H,15,17)/b16-8-. The highest BCUT2D eigenvalue weighted by Crippen LogP contribution is 2.14. The number of carbonyl (C=O) groups excluding carboxylic acids is 4. The van der Waals surface area contributed by atoms with Crippen molar-refractivity contribution in [3.63, 3.8) is 0 Å². The molecule has 9 heteroatoms. The number of hydrazone groups is 1. The fourth-order valence-electron chi connectivity index (χ4n) is 1.59. The molecule has 0 aromatic carbocycles. The van der Waals surface area contributed by atoms with Crippen LogP contribution in [0.5, 0.6) is 0 Å². The number of hydroxylamine groups is 2. The van der Waals surface area contributed by atoms with Crippen LogP contribution in [0.3, 0.4) is 0 Å². The van der Waals surface area contributed by atoms with E-state index in [1.165, 1.54) is 25.3 Å². The smallest absolute Gasteiger partial charge is 0.325 e. The maximum Gasteiger partial charge on any atom is 0.365 e. The van der Waals surface area contributed by atoms with E-state index >= 15 is 0 Å². The number of nitrogens with zero attached hydrogens (tertiary/aromatic N) is 3. The number of hydrogen-bond acceptors (Lipinski definition) is 8. The van der Waals surface area contributed by atoms with Crippen molar-refractivity contribution in [3.05, 3.63) is 23.9 Å². The molecule has 1 aliphatic rings. The number of Topliss-reactive ketones (excluding diaryl/α,β-unsaturated/α-hetero) is 1. The highest BCUT2D eigenvalue weighted by molar-refractivity contribution is 6.38. The Kier molecular flexibility index (Phi) is 4.79. The van der Waals surface area contributed by atoms with E-state index in [-0.39, 0.29) is 29.9 Å². The monoisotopic (exact) mass is 318 g/mol. The van der Waals surface area contributed by atoms with Gasteiger partial charge >= 0.3 is 5.97 Å². The number of aromatic nitrogens is 1. The molecule has 0 bridgehead atoms. The SMILES string of the molecule is CC(=O)/C(C)=N\Nc1ccc(C(=O)ON2C(=O)CCC2=O)cn1. The zero-order valence-corrected chi connectivity index (χ0v) is 12.5. The molecule has 0 saturated carbocycles. The Morgan fingerprint density at radius 3 is 2.39 bits per heavy atom. The van der Waals surface area contributed by atoms with Crippen LogP contribution in [-0.4, -0.2) is 39.3 Å². The topological polar surface area (TPSA) is 118 Å². The first kappa shape index (κ1) is 16.3. The van der Waals surface area contributed by atoms with Gasteiger partial charge < -0.3 is 4.84 Å². The van der Waals surface area contributed by atoms with Gasteiger partial charge in [0.05, 0.1) is 5.56 Å². The Labute approximate surface area is 131 Å². The average molecular weight is 318 g/mol. The predicted octanol–water partition coefficient (Wildman–Crippen LogP) is 0.679. The van der Waals surface area contributed by atoms with Gasteiger partial charge in [-0.25, -0.2) is 9.78 Å². The molecule has 0 unspecified atom stereocenters. The first-order valence-corrected chi connectivity index (χ1v) is 6.74. The van der Waals surface area contributed by atoms with Crippen molar-refractivity contribution in [2.45, 2.75) is 26.7 Å². The minimum atomic E-state index is -0.865. The quantitative estimate of drug-likeness (QED) is 0.481. The fraction of sp³-hybridized carbons (Fsp3) is 0.286. The second-order valence-corrected chi connectivity index (χ2v) is 4.76. The van der Waals surface area contributed by atoms with Crippen molar-refractivity contribution in [1.82, 2.24) is 10.0 Å². The van der Waals surface area contributed by atoms with Gasteiger partial charge in [0.25, 0.3) is 11.8 Å². The number of ketones is 1. The number of hydrogen-bond donors (Lipinski definition) is 1. The third kappa shape index (κ3) is 3.96. The summed E-state index contributed by atoms with van der Waals surface area (Å²) in [5, 5.41) is 4.28. The van der Waals surface area contributed by atoms with Gasteiger partial charge in [-0.15, -0.1) is 5.06 Å². The first-order chi connectivity index (χ1) is 10.9. The summed E-state index contributed by atoms with van der Waals surface area (Å²) in [7, 11) is 0. The number of pyridine rings is 1. The van der Waals surface area contributed by atoms with Crippen molar-refractivity contribution >= 4 is 35.1 Å². The minimum absolute atomic E-state index is 0.0285. The molecule has 0 radical (unpaired) electrons. The summed E-state index contributed by atoms with van der Waals surface area (Å²) in [4.78, 5) is 54.3. The number of anilines is 1. The van der Waals surface area contributed by atoms with Gasteiger partial charge in [-0.1, -0.05) is 0 Å². The predicted molar refractivity (Wildman–Crippen MR) is 78.2 cm³/mol. The van der Waals surface area contributed by atoms with Gasteiger partial charge in [-0.3, -0.25) is 19.8 Å². The van der Waals surface area contributed by atoms with E-state index in [0.29, 0.717) is 10.9 Å². The molecule has 120 valence electrons. The molecule has 1 aliphatic heterocycles. The van der Waals surface area contributed by atoms with Crippen molar-refractivity contribution in [3.8, 4) is 0 Å². The van der Waals surface area contributed by atoms with Crippen molar-refractivity contribution in [1.29, 1.82) is 0 Å². The molecule has 0 spiro atoms. The lowest BCUT2D eigenvalue weighted by atomic mass is 10.3. The van der Waals surface area contributed by atoms with Gasteiger partial charge in [-0.05, 0) is 19.1 Å². The molecule has 1 N–H and O–H groups in total. The van der Waals surface area contributed by atoms with Gasteiger partial charge in [0.2, 0.25) is 0 Å².